The summed E-state index contributed by atoms with van der Waals surface area (Å²) >= 11 is 1.63. The van der Waals surface area contributed by atoms with Gasteiger partial charge in [0.05, 0.1) is 11.3 Å². The highest BCUT2D eigenvalue weighted by Crippen LogP contribution is 2.32. The quantitative estimate of drug-likeness (QED) is 0.749. The van der Waals surface area contributed by atoms with Gasteiger partial charge in [0.25, 0.3) is 0 Å². The van der Waals surface area contributed by atoms with Gasteiger partial charge in [-0.1, -0.05) is 0 Å². The summed E-state index contributed by atoms with van der Waals surface area (Å²) in [5.41, 5.74) is 7.85. The summed E-state index contributed by atoms with van der Waals surface area (Å²) in [5, 5.41) is 13.0. The van der Waals surface area contributed by atoms with Crippen LogP contribution in [0.4, 0.5) is 16.5 Å². The smallest absolute Gasteiger partial charge is 0.337 e. The van der Waals surface area contributed by atoms with E-state index in [0.717, 1.165) is 18.0 Å². The first kappa shape index (κ1) is 12.0. The largest absolute Gasteiger partial charge is 0.478 e. The minimum atomic E-state index is -1.03. The first-order valence-corrected chi connectivity index (χ1v) is 6.83. The van der Waals surface area contributed by atoms with E-state index in [1.54, 1.807) is 23.5 Å². The van der Waals surface area contributed by atoms with Crippen molar-refractivity contribution in [3.63, 3.8) is 0 Å². The monoisotopic (exact) mass is 275 g/mol. The highest BCUT2D eigenvalue weighted by Gasteiger charge is 2.17. The fourth-order valence-corrected chi connectivity index (χ4v) is 3.26. The van der Waals surface area contributed by atoms with Crippen LogP contribution in [0, 0.1) is 0 Å². The van der Waals surface area contributed by atoms with E-state index in [-0.39, 0.29) is 11.3 Å². The summed E-state index contributed by atoms with van der Waals surface area (Å²) in [6.07, 6.45) is 3.31. The minimum absolute atomic E-state index is 0.106. The van der Waals surface area contributed by atoms with Crippen LogP contribution in [0.3, 0.4) is 0 Å². The zero-order valence-electron chi connectivity index (χ0n) is 10.1. The molecule has 0 atom stereocenters. The Morgan fingerprint density at radius 3 is 3.00 bits per heavy atom. The van der Waals surface area contributed by atoms with Crippen LogP contribution < -0.4 is 11.1 Å². The lowest BCUT2D eigenvalue weighted by molar-refractivity contribution is 0.0698. The molecule has 1 aliphatic rings. The number of benzene rings is 1. The normalized spacial score (nSPS) is 13.3. The van der Waals surface area contributed by atoms with Gasteiger partial charge >= 0.3 is 5.97 Å². The van der Waals surface area contributed by atoms with Gasteiger partial charge in [-0.15, -0.1) is 11.3 Å². The van der Waals surface area contributed by atoms with Crippen molar-refractivity contribution in [2.75, 3.05) is 11.1 Å². The molecule has 1 aromatic carbocycles. The Morgan fingerprint density at radius 1 is 1.42 bits per heavy atom. The van der Waals surface area contributed by atoms with Crippen molar-refractivity contribution >= 4 is 33.8 Å². The molecule has 19 heavy (non-hydrogen) atoms. The van der Waals surface area contributed by atoms with Gasteiger partial charge in [0, 0.05) is 16.3 Å². The maximum Gasteiger partial charge on any atom is 0.337 e. The fraction of sp³-hybridized carbons (Fsp3) is 0.231. The summed E-state index contributed by atoms with van der Waals surface area (Å²) in [6, 6.07) is 4.88. The van der Waals surface area contributed by atoms with E-state index in [2.05, 4.69) is 10.3 Å². The Kier molecular flexibility index (Phi) is 2.87. The Bertz CT molecular complexity index is 630. The first-order valence-electron chi connectivity index (χ1n) is 6.02. The lowest BCUT2D eigenvalue weighted by Gasteiger charge is -2.06. The number of aromatic carboxylic acids is 1. The van der Waals surface area contributed by atoms with E-state index in [0.29, 0.717) is 5.69 Å². The molecule has 4 N–H and O–H groups in total. The van der Waals surface area contributed by atoms with Gasteiger partial charge in [0.2, 0.25) is 0 Å². The van der Waals surface area contributed by atoms with Crippen molar-refractivity contribution in [1.82, 2.24) is 4.98 Å². The van der Waals surface area contributed by atoms with Crippen molar-refractivity contribution in [3.05, 3.63) is 34.3 Å². The molecule has 1 heterocycles. The van der Waals surface area contributed by atoms with Crippen LogP contribution in [0.25, 0.3) is 0 Å². The van der Waals surface area contributed by atoms with E-state index in [4.69, 9.17) is 10.8 Å². The fourth-order valence-electron chi connectivity index (χ4n) is 2.19. The summed E-state index contributed by atoms with van der Waals surface area (Å²) in [7, 11) is 0. The molecule has 0 amide bonds. The van der Waals surface area contributed by atoms with Crippen molar-refractivity contribution < 1.29 is 9.90 Å². The van der Waals surface area contributed by atoms with Gasteiger partial charge in [0.1, 0.15) is 0 Å². The van der Waals surface area contributed by atoms with Crippen molar-refractivity contribution in [2.45, 2.75) is 19.3 Å². The second-order valence-corrected chi connectivity index (χ2v) is 5.56. The van der Waals surface area contributed by atoms with Crippen molar-refractivity contribution in [2.24, 2.45) is 0 Å². The lowest BCUT2D eigenvalue weighted by Crippen LogP contribution is -2.03. The van der Waals surface area contributed by atoms with Crippen LogP contribution >= 0.6 is 11.3 Å². The minimum Gasteiger partial charge on any atom is -0.478 e. The number of thiazole rings is 1. The number of nitrogen functional groups attached to an aromatic ring is 1. The van der Waals surface area contributed by atoms with E-state index in [9.17, 15) is 4.79 Å². The molecular formula is C13H13N3O2S. The highest BCUT2D eigenvalue weighted by molar-refractivity contribution is 7.15. The number of rotatable bonds is 3. The average molecular weight is 275 g/mol. The maximum atomic E-state index is 11.0. The number of carboxylic acid groups (broad SMARTS) is 1. The molecule has 0 unspecified atom stereocenters. The number of aryl methyl sites for hydroxylation is 2. The number of carboxylic acids is 1. The maximum absolute atomic E-state index is 11.0. The van der Waals surface area contributed by atoms with E-state index in [1.807, 2.05) is 0 Å². The third kappa shape index (κ3) is 2.26. The zero-order chi connectivity index (χ0) is 13.4. The molecule has 1 aliphatic carbocycles. The average Bonchev–Trinajstić information content (AvgIpc) is 2.91. The topological polar surface area (TPSA) is 88.2 Å². The molecule has 0 fully saturated rings. The van der Waals surface area contributed by atoms with Gasteiger partial charge in [-0.3, -0.25) is 0 Å². The van der Waals surface area contributed by atoms with Crippen LogP contribution in [0.15, 0.2) is 18.2 Å². The van der Waals surface area contributed by atoms with Crippen molar-refractivity contribution in [3.8, 4) is 0 Å². The number of hydrogen-bond donors (Lipinski definition) is 3. The SMILES string of the molecule is Nc1ccc(Nc2nc3c(s2)CCC3)cc1C(=O)O. The molecule has 0 bridgehead atoms. The summed E-state index contributed by atoms with van der Waals surface area (Å²) in [5.74, 6) is -1.03. The standard InChI is InChI=1S/C13H13N3O2S/c14-9-5-4-7(6-8(9)12(17)18)15-13-16-10-2-1-3-11(10)19-13/h4-6H,1-3,14H2,(H,15,16)(H,17,18). The van der Waals surface area contributed by atoms with Crippen LogP contribution in [0.2, 0.25) is 0 Å². The van der Waals surface area contributed by atoms with Crippen molar-refractivity contribution in [1.29, 1.82) is 0 Å². The number of aromatic nitrogens is 1. The molecule has 0 spiro atoms. The zero-order valence-corrected chi connectivity index (χ0v) is 11.0. The van der Waals surface area contributed by atoms with Crippen LogP contribution in [-0.2, 0) is 12.8 Å². The molecule has 0 radical (unpaired) electrons. The summed E-state index contributed by atoms with van der Waals surface area (Å²) in [6.45, 7) is 0. The molecule has 3 rings (SSSR count). The predicted molar refractivity (Wildman–Crippen MR) is 75.2 cm³/mol. The van der Waals surface area contributed by atoms with Gasteiger partial charge in [-0.05, 0) is 37.5 Å². The second kappa shape index (κ2) is 4.55. The lowest BCUT2D eigenvalue weighted by atomic mass is 10.1. The van der Waals surface area contributed by atoms with E-state index < -0.39 is 5.97 Å². The van der Waals surface area contributed by atoms with Crippen LogP contribution in [0.5, 0.6) is 0 Å². The molecule has 5 nitrogen and oxygen atoms in total. The number of anilines is 3. The first-order chi connectivity index (χ1) is 9.13. The number of fused-ring (bicyclic) bond motifs is 1. The Morgan fingerprint density at radius 2 is 2.26 bits per heavy atom. The number of nitrogens with two attached hydrogens (primary N) is 1. The summed E-state index contributed by atoms with van der Waals surface area (Å²) in [4.78, 5) is 16.9. The third-order valence-electron chi connectivity index (χ3n) is 3.13. The number of carbonyl (C=O) groups is 1. The highest BCUT2D eigenvalue weighted by atomic mass is 32.1. The Hall–Kier alpha value is -2.08. The van der Waals surface area contributed by atoms with Gasteiger partial charge < -0.3 is 16.2 Å². The van der Waals surface area contributed by atoms with Gasteiger partial charge in [-0.2, -0.15) is 0 Å². The van der Waals surface area contributed by atoms with E-state index in [1.165, 1.54) is 23.1 Å². The second-order valence-electron chi connectivity index (χ2n) is 4.47. The molecule has 0 saturated heterocycles. The van der Waals surface area contributed by atoms with Gasteiger partial charge in [-0.25, -0.2) is 9.78 Å². The number of nitrogens with one attached hydrogen (secondary N) is 1. The third-order valence-corrected chi connectivity index (χ3v) is 4.20. The molecule has 1 aromatic heterocycles. The molecule has 0 saturated carbocycles. The van der Waals surface area contributed by atoms with Crippen LogP contribution in [-0.4, -0.2) is 16.1 Å². The Labute approximate surface area is 114 Å². The van der Waals surface area contributed by atoms with Crippen LogP contribution in [0.1, 0.15) is 27.3 Å². The molecule has 0 aliphatic heterocycles. The molecule has 98 valence electrons. The molecule has 6 heteroatoms. The molecule has 2 aromatic rings. The molecular weight excluding hydrogens is 262 g/mol. The van der Waals surface area contributed by atoms with E-state index >= 15 is 0 Å². The van der Waals surface area contributed by atoms with Gasteiger partial charge in [0.15, 0.2) is 5.13 Å². The Balaban J connectivity index is 1.86. The predicted octanol–water partition coefficient (Wildman–Crippen LogP) is 2.66. The summed E-state index contributed by atoms with van der Waals surface area (Å²) < 4.78 is 0. The number of hydrogen-bond acceptors (Lipinski definition) is 5. The number of nitrogens with zero attached hydrogens (tertiary/aromatic N) is 1.